The van der Waals surface area contributed by atoms with E-state index in [0.717, 1.165) is 12.5 Å². The number of phenols is 1. The molecular formula is C13H17NO2. The molecule has 3 heteroatoms. The Kier molecular flexibility index (Phi) is 3.13. The molecule has 16 heavy (non-hydrogen) atoms. The van der Waals surface area contributed by atoms with Gasteiger partial charge in [-0.2, -0.15) is 0 Å². The highest BCUT2D eigenvalue weighted by molar-refractivity contribution is 5.94. The summed E-state index contributed by atoms with van der Waals surface area (Å²) in [6.45, 7) is 2.92. The van der Waals surface area contributed by atoms with Gasteiger partial charge in [0, 0.05) is 12.1 Å². The molecule has 1 atom stereocenters. The van der Waals surface area contributed by atoms with E-state index in [-0.39, 0.29) is 11.7 Å². The van der Waals surface area contributed by atoms with Crippen molar-refractivity contribution in [3.63, 3.8) is 0 Å². The number of carbonyl (C=O) groups excluding carboxylic acids is 1. The van der Waals surface area contributed by atoms with Gasteiger partial charge in [-0.25, -0.2) is 0 Å². The van der Waals surface area contributed by atoms with Crippen molar-refractivity contribution in [3.8, 4) is 5.75 Å². The van der Waals surface area contributed by atoms with Crippen LogP contribution in [0.3, 0.4) is 0 Å². The lowest BCUT2D eigenvalue weighted by molar-refractivity contribution is 0.0946. The van der Waals surface area contributed by atoms with Crippen LogP contribution in [-0.2, 0) is 0 Å². The Labute approximate surface area is 95.5 Å². The molecule has 0 aromatic heterocycles. The van der Waals surface area contributed by atoms with Crippen molar-refractivity contribution in [3.05, 3.63) is 29.8 Å². The minimum Gasteiger partial charge on any atom is -0.508 e. The summed E-state index contributed by atoms with van der Waals surface area (Å²) in [5.41, 5.74) is 0.598. The maximum atomic E-state index is 11.7. The fourth-order valence-electron chi connectivity index (χ4n) is 1.80. The van der Waals surface area contributed by atoms with Gasteiger partial charge in [0.1, 0.15) is 5.75 Å². The second-order valence-electron chi connectivity index (χ2n) is 4.57. The van der Waals surface area contributed by atoms with Gasteiger partial charge in [0.2, 0.25) is 0 Å². The van der Waals surface area contributed by atoms with Gasteiger partial charge in [-0.3, -0.25) is 4.79 Å². The van der Waals surface area contributed by atoms with Gasteiger partial charge in [0.15, 0.2) is 0 Å². The minimum absolute atomic E-state index is 0.0625. The third kappa shape index (κ3) is 2.75. The molecule has 1 amide bonds. The van der Waals surface area contributed by atoms with Crippen LogP contribution in [0.2, 0.25) is 0 Å². The molecule has 86 valence electrons. The molecular weight excluding hydrogens is 202 g/mol. The van der Waals surface area contributed by atoms with E-state index in [9.17, 15) is 4.79 Å². The topological polar surface area (TPSA) is 49.3 Å². The Morgan fingerprint density at radius 3 is 2.62 bits per heavy atom. The van der Waals surface area contributed by atoms with Crippen LogP contribution in [0.4, 0.5) is 0 Å². The number of carbonyl (C=O) groups is 1. The lowest BCUT2D eigenvalue weighted by atomic mass is 10.1. The maximum absolute atomic E-state index is 11.7. The predicted molar refractivity (Wildman–Crippen MR) is 62.3 cm³/mol. The van der Waals surface area contributed by atoms with E-state index in [0.29, 0.717) is 11.5 Å². The summed E-state index contributed by atoms with van der Waals surface area (Å²) >= 11 is 0. The predicted octanol–water partition coefficient (Wildman–Crippen LogP) is 2.17. The van der Waals surface area contributed by atoms with Crippen LogP contribution in [0.15, 0.2) is 24.3 Å². The highest BCUT2D eigenvalue weighted by atomic mass is 16.3. The third-order valence-electron chi connectivity index (χ3n) is 3.14. The first-order valence-corrected chi connectivity index (χ1v) is 5.74. The minimum atomic E-state index is -0.0625. The number of rotatable bonds is 4. The smallest absolute Gasteiger partial charge is 0.251 e. The Morgan fingerprint density at radius 1 is 1.44 bits per heavy atom. The highest BCUT2D eigenvalue weighted by Gasteiger charge is 2.27. The van der Waals surface area contributed by atoms with Crippen LogP contribution >= 0.6 is 0 Å². The van der Waals surface area contributed by atoms with Gasteiger partial charge in [-0.1, -0.05) is 6.92 Å². The van der Waals surface area contributed by atoms with Crippen molar-refractivity contribution in [2.24, 2.45) is 11.8 Å². The lowest BCUT2D eigenvalue weighted by Gasteiger charge is -2.11. The SMILES string of the molecule is CC(CNC(=O)c1ccc(O)cc1)C1CC1. The van der Waals surface area contributed by atoms with E-state index in [1.165, 1.54) is 25.0 Å². The molecule has 1 aliphatic rings. The number of hydrogen-bond acceptors (Lipinski definition) is 2. The third-order valence-corrected chi connectivity index (χ3v) is 3.14. The molecule has 1 saturated carbocycles. The van der Waals surface area contributed by atoms with E-state index in [2.05, 4.69) is 12.2 Å². The molecule has 0 saturated heterocycles. The number of nitrogens with one attached hydrogen (secondary N) is 1. The summed E-state index contributed by atoms with van der Waals surface area (Å²) < 4.78 is 0. The largest absolute Gasteiger partial charge is 0.508 e. The monoisotopic (exact) mass is 219 g/mol. The van der Waals surface area contributed by atoms with E-state index < -0.39 is 0 Å². The Hall–Kier alpha value is -1.51. The summed E-state index contributed by atoms with van der Waals surface area (Å²) in [5.74, 6) is 1.50. The Bertz CT molecular complexity index is 368. The normalized spacial score (nSPS) is 16.8. The van der Waals surface area contributed by atoms with Crippen LogP contribution in [-0.4, -0.2) is 17.6 Å². The highest BCUT2D eigenvalue weighted by Crippen LogP contribution is 2.36. The van der Waals surface area contributed by atoms with Gasteiger partial charge in [0.05, 0.1) is 0 Å². The summed E-state index contributed by atoms with van der Waals surface area (Å²) in [4.78, 5) is 11.7. The lowest BCUT2D eigenvalue weighted by Crippen LogP contribution is -2.28. The zero-order valence-electron chi connectivity index (χ0n) is 9.44. The second kappa shape index (κ2) is 4.56. The number of phenolic OH excluding ortho intramolecular Hbond substituents is 1. The Morgan fingerprint density at radius 2 is 2.06 bits per heavy atom. The second-order valence-corrected chi connectivity index (χ2v) is 4.57. The molecule has 2 N–H and O–H groups in total. The number of amides is 1. The van der Waals surface area contributed by atoms with Crippen LogP contribution < -0.4 is 5.32 Å². The van der Waals surface area contributed by atoms with Gasteiger partial charge in [-0.15, -0.1) is 0 Å². The first-order valence-electron chi connectivity index (χ1n) is 5.74. The van der Waals surface area contributed by atoms with Gasteiger partial charge >= 0.3 is 0 Å². The summed E-state index contributed by atoms with van der Waals surface area (Å²) in [6, 6.07) is 6.32. The molecule has 2 rings (SSSR count). The standard InChI is InChI=1S/C13H17NO2/c1-9(10-2-3-10)8-14-13(16)11-4-6-12(15)7-5-11/h4-7,9-10,15H,2-3,8H2,1H3,(H,14,16). The molecule has 0 aliphatic heterocycles. The van der Waals surface area contributed by atoms with Crippen molar-refractivity contribution in [2.75, 3.05) is 6.54 Å². The Balaban J connectivity index is 1.85. The molecule has 1 aliphatic carbocycles. The average molecular weight is 219 g/mol. The van der Waals surface area contributed by atoms with Crippen LogP contribution in [0, 0.1) is 11.8 Å². The van der Waals surface area contributed by atoms with Crippen LogP contribution in [0.1, 0.15) is 30.1 Å². The summed E-state index contributed by atoms with van der Waals surface area (Å²) in [7, 11) is 0. The summed E-state index contributed by atoms with van der Waals surface area (Å²) in [5, 5.41) is 12.0. The zero-order valence-corrected chi connectivity index (χ0v) is 9.44. The molecule has 1 fully saturated rings. The van der Waals surface area contributed by atoms with Crippen LogP contribution in [0.25, 0.3) is 0 Å². The summed E-state index contributed by atoms with van der Waals surface area (Å²) in [6.07, 6.45) is 2.60. The molecule has 0 radical (unpaired) electrons. The first-order chi connectivity index (χ1) is 7.66. The quantitative estimate of drug-likeness (QED) is 0.815. The number of hydrogen-bond donors (Lipinski definition) is 2. The van der Waals surface area contributed by atoms with E-state index in [1.54, 1.807) is 12.1 Å². The molecule has 3 nitrogen and oxygen atoms in total. The van der Waals surface area contributed by atoms with Gasteiger partial charge < -0.3 is 10.4 Å². The van der Waals surface area contributed by atoms with Crippen molar-refractivity contribution >= 4 is 5.91 Å². The molecule has 0 heterocycles. The molecule has 1 aromatic carbocycles. The number of benzene rings is 1. The molecule has 1 unspecified atom stereocenters. The van der Waals surface area contributed by atoms with Crippen molar-refractivity contribution in [2.45, 2.75) is 19.8 Å². The van der Waals surface area contributed by atoms with Crippen molar-refractivity contribution in [1.29, 1.82) is 0 Å². The molecule has 0 spiro atoms. The zero-order chi connectivity index (χ0) is 11.5. The maximum Gasteiger partial charge on any atom is 0.251 e. The van der Waals surface area contributed by atoms with E-state index in [4.69, 9.17) is 5.11 Å². The molecule has 1 aromatic rings. The number of aromatic hydroxyl groups is 1. The van der Waals surface area contributed by atoms with Crippen molar-refractivity contribution in [1.82, 2.24) is 5.32 Å². The van der Waals surface area contributed by atoms with Gasteiger partial charge in [-0.05, 0) is 48.9 Å². The van der Waals surface area contributed by atoms with Crippen molar-refractivity contribution < 1.29 is 9.90 Å². The van der Waals surface area contributed by atoms with Crippen LogP contribution in [0.5, 0.6) is 5.75 Å². The average Bonchev–Trinajstić information content (AvgIpc) is 3.10. The fourth-order valence-corrected chi connectivity index (χ4v) is 1.80. The van der Waals surface area contributed by atoms with Gasteiger partial charge in [0.25, 0.3) is 5.91 Å². The molecule has 0 bridgehead atoms. The first kappa shape index (κ1) is 11.0. The fraction of sp³-hybridized carbons (Fsp3) is 0.462. The van der Waals surface area contributed by atoms with E-state index >= 15 is 0 Å². The van der Waals surface area contributed by atoms with E-state index in [1.807, 2.05) is 0 Å².